The molecule has 2 aromatic carbocycles. The van der Waals surface area contributed by atoms with Gasteiger partial charge in [-0.2, -0.15) is 10.0 Å². The highest BCUT2D eigenvalue weighted by atomic mass is 32.3. The van der Waals surface area contributed by atoms with Crippen LogP contribution in [0.25, 0.3) is 0 Å². The zero-order valence-electron chi connectivity index (χ0n) is 12.8. The summed E-state index contributed by atoms with van der Waals surface area (Å²) in [5, 5.41) is 0. The lowest BCUT2D eigenvalue weighted by atomic mass is 10.2. The van der Waals surface area contributed by atoms with Crippen molar-refractivity contribution in [1.29, 1.82) is 0 Å². The Bertz CT molecular complexity index is 650. The molecule has 0 bridgehead atoms. The fourth-order valence-corrected chi connectivity index (χ4v) is 4.86. The fourth-order valence-electron chi connectivity index (χ4n) is 2.25. The average molecular weight is 294 g/mol. The third-order valence-corrected chi connectivity index (χ3v) is 7.26. The molecule has 0 heterocycles. The Morgan fingerprint density at radius 1 is 0.952 bits per heavy atom. The highest BCUT2D eigenvalue weighted by Crippen LogP contribution is 2.65. The van der Waals surface area contributed by atoms with Gasteiger partial charge in [-0.3, -0.25) is 0 Å². The molecule has 1 unspecified atom stereocenters. The van der Waals surface area contributed by atoms with Crippen LogP contribution in [0.3, 0.4) is 0 Å². The van der Waals surface area contributed by atoms with Crippen molar-refractivity contribution < 1.29 is 0 Å². The van der Waals surface area contributed by atoms with Crippen LogP contribution in [-0.2, 0) is 0 Å². The molecule has 2 aromatic rings. The van der Waals surface area contributed by atoms with E-state index in [2.05, 4.69) is 87.0 Å². The molecule has 0 saturated heterocycles. The molecule has 0 spiro atoms. The summed E-state index contributed by atoms with van der Waals surface area (Å²) in [5.41, 5.74) is 1.28. The van der Waals surface area contributed by atoms with Gasteiger partial charge in [-0.1, -0.05) is 67.3 Å². The third-order valence-electron chi connectivity index (χ3n) is 3.65. The molecular weight excluding hydrogens is 272 g/mol. The smallest absolute Gasteiger partial charge is 0.00212 e. The summed E-state index contributed by atoms with van der Waals surface area (Å²) in [4.78, 5) is 3.79. The molecule has 0 radical (unpaired) electrons. The summed E-state index contributed by atoms with van der Waals surface area (Å²) in [6.07, 6.45) is 8.15. The molecule has 0 aliphatic heterocycles. The predicted octanol–water partition coefficient (Wildman–Crippen LogP) is 6.10. The van der Waals surface area contributed by atoms with Gasteiger partial charge in [0.2, 0.25) is 0 Å². The third kappa shape index (κ3) is 3.20. The molecule has 0 aliphatic carbocycles. The maximum Gasteiger partial charge on any atom is -0.00212 e. The van der Waals surface area contributed by atoms with Crippen LogP contribution in [0.2, 0.25) is 0 Å². The number of aryl methyl sites for hydroxylation is 1. The first-order valence-electron chi connectivity index (χ1n) is 6.97. The fraction of sp³-hybridized carbons (Fsp3) is 0.100. The standard InChI is InChI=1S/C20H22S/c1-5-6-10-18(3)21(4,19-11-8-7-9-12-19)20-15-13-17(2)14-16-20/h5-16H,1,3H2,2,4H3/b10-6-. The lowest BCUT2D eigenvalue weighted by Gasteiger charge is -2.38. The molecule has 0 N–H and O–H groups in total. The summed E-state index contributed by atoms with van der Waals surface area (Å²) in [6.45, 7) is 10.2. The van der Waals surface area contributed by atoms with Crippen LogP contribution >= 0.6 is 10.0 Å². The van der Waals surface area contributed by atoms with Crippen LogP contribution in [0.4, 0.5) is 0 Å². The molecule has 0 aromatic heterocycles. The normalized spacial score (nSPS) is 15.3. The van der Waals surface area contributed by atoms with Gasteiger partial charge in [-0.15, -0.1) is 0 Å². The summed E-state index contributed by atoms with van der Waals surface area (Å²) < 4.78 is 0. The van der Waals surface area contributed by atoms with E-state index < -0.39 is 10.0 Å². The molecular formula is C20H22S. The molecule has 108 valence electrons. The van der Waals surface area contributed by atoms with Crippen molar-refractivity contribution in [2.24, 2.45) is 0 Å². The second-order valence-electron chi connectivity index (χ2n) is 5.11. The Hall–Kier alpha value is -1.99. The molecule has 0 aliphatic rings. The van der Waals surface area contributed by atoms with Crippen LogP contribution in [-0.4, -0.2) is 6.26 Å². The summed E-state index contributed by atoms with van der Waals surface area (Å²) in [5.74, 6) is 0. The predicted molar refractivity (Wildman–Crippen MR) is 96.1 cm³/mol. The van der Waals surface area contributed by atoms with Crippen molar-refractivity contribution in [2.75, 3.05) is 6.26 Å². The van der Waals surface area contributed by atoms with E-state index in [1.165, 1.54) is 15.4 Å². The first-order chi connectivity index (χ1) is 10.1. The first kappa shape index (κ1) is 15.4. The quantitative estimate of drug-likeness (QED) is 0.584. The van der Waals surface area contributed by atoms with E-state index in [0.29, 0.717) is 0 Å². The van der Waals surface area contributed by atoms with E-state index in [9.17, 15) is 0 Å². The van der Waals surface area contributed by atoms with E-state index in [-0.39, 0.29) is 0 Å². The summed E-state index contributed by atoms with van der Waals surface area (Å²) in [6, 6.07) is 19.4. The molecule has 1 atom stereocenters. The SMILES string of the molecule is C=C/C=C\C(=C)S(C)(c1ccccc1)c1ccc(C)cc1. The molecule has 0 fully saturated rings. The molecule has 2 rings (SSSR count). The van der Waals surface area contributed by atoms with E-state index in [1.54, 1.807) is 6.08 Å². The lowest BCUT2D eigenvalue weighted by Crippen LogP contribution is -2.01. The van der Waals surface area contributed by atoms with Crippen LogP contribution in [0, 0.1) is 6.92 Å². The minimum Gasteiger partial charge on any atom is -0.164 e. The lowest BCUT2D eigenvalue weighted by molar-refractivity contribution is 1.33. The highest BCUT2D eigenvalue weighted by molar-refractivity contribution is 8.36. The van der Waals surface area contributed by atoms with Crippen molar-refractivity contribution in [3.05, 3.63) is 96.5 Å². The van der Waals surface area contributed by atoms with Crippen LogP contribution in [0.5, 0.6) is 0 Å². The van der Waals surface area contributed by atoms with Gasteiger partial charge < -0.3 is 0 Å². The first-order valence-corrected chi connectivity index (χ1v) is 9.01. The Balaban J connectivity index is 2.58. The van der Waals surface area contributed by atoms with Crippen molar-refractivity contribution in [3.63, 3.8) is 0 Å². The van der Waals surface area contributed by atoms with Gasteiger partial charge in [-0.25, -0.2) is 0 Å². The van der Waals surface area contributed by atoms with Crippen LogP contribution < -0.4 is 0 Å². The van der Waals surface area contributed by atoms with Crippen LogP contribution in [0.15, 0.2) is 101 Å². The van der Waals surface area contributed by atoms with Gasteiger partial charge in [0.15, 0.2) is 0 Å². The Labute approximate surface area is 129 Å². The number of rotatable bonds is 5. The van der Waals surface area contributed by atoms with Gasteiger partial charge in [-0.05, 0) is 52.1 Å². The van der Waals surface area contributed by atoms with Crippen molar-refractivity contribution in [1.82, 2.24) is 0 Å². The zero-order chi connectivity index (χ0) is 15.3. The molecule has 21 heavy (non-hydrogen) atoms. The largest absolute Gasteiger partial charge is 0.164 e. The maximum absolute atomic E-state index is 4.34. The van der Waals surface area contributed by atoms with Gasteiger partial charge in [0.1, 0.15) is 0 Å². The van der Waals surface area contributed by atoms with Crippen molar-refractivity contribution in [3.8, 4) is 0 Å². The number of hydrogen-bond acceptors (Lipinski definition) is 0. The van der Waals surface area contributed by atoms with E-state index in [4.69, 9.17) is 0 Å². The Morgan fingerprint density at radius 3 is 2.10 bits per heavy atom. The number of hydrogen-bond donors (Lipinski definition) is 0. The van der Waals surface area contributed by atoms with Gasteiger partial charge in [0, 0.05) is 0 Å². The minimum absolute atomic E-state index is 1.14. The molecule has 0 nitrogen and oxygen atoms in total. The van der Waals surface area contributed by atoms with Crippen LogP contribution in [0.1, 0.15) is 5.56 Å². The summed E-state index contributed by atoms with van der Waals surface area (Å²) in [7, 11) is -1.29. The van der Waals surface area contributed by atoms with Gasteiger partial charge in [0.25, 0.3) is 0 Å². The maximum atomic E-state index is 4.34. The summed E-state index contributed by atoms with van der Waals surface area (Å²) >= 11 is 0. The number of benzene rings is 2. The molecule has 0 saturated carbocycles. The van der Waals surface area contributed by atoms with Crippen molar-refractivity contribution in [2.45, 2.75) is 16.7 Å². The van der Waals surface area contributed by atoms with Gasteiger partial charge in [0.05, 0.1) is 0 Å². The molecule has 0 amide bonds. The van der Waals surface area contributed by atoms with E-state index in [1.807, 2.05) is 6.08 Å². The Morgan fingerprint density at radius 2 is 1.52 bits per heavy atom. The van der Waals surface area contributed by atoms with Crippen molar-refractivity contribution >= 4 is 10.0 Å². The highest BCUT2D eigenvalue weighted by Gasteiger charge is 2.25. The minimum atomic E-state index is -1.29. The average Bonchev–Trinajstić information content (AvgIpc) is 2.53. The Kier molecular flexibility index (Phi) is 4.87. The monoisotopic (exact) mass is 294 g/mol. The number of allylic oxidation sites excluding steroid dienone is 3. The zero-order valence-corrected chi connectivity index (χ0v) is 13.6. The van der Waals surface area contributed by atoms with Gasteiger partial charge >= 0.3 is 0 Å². The molecule has 1 heteroatoms. The topological polar surface area (TPSA) is 0 Å². The van der Waals surface area contributed by atoms with E-state index >= 15 is 0 Å². The second kappa shape index (κ2) is 6.64. The second-order valence-corrected chi connectivity index (χ2v) is 8.41. The van der Waals surface area contributed by atoms with E-state index in [0.717, 1.165) is 4.91 Å².